The lowest BCUT2D eigenvalue weighted by Crippen LogP contribution is -2.52. The van der Waals surface area contributed by atoms with E-state index >= 15 is 0 Å². The summed E-state index contributed by atoms with van der Waals surface area (Å²) in [5, 5.41) is 0. The van der Waals surface area contributed by atoms with Gasteiger partial charge in [-0.2, -0.15) is 0 Å². The molecule has 0 bridgehead atoms. The number of carbonyl (C=O) groups is 1. The second kappa shape index (κ2) is 5.84. The zero-order chi connectivity index (χ0) is 17.9. The van der Waals surface area contributed by atoms with Crippen LogP contribution in [0.5, 0.6) is 0 Å². The third kappa shape index (κ3) is 2.78. The molecule has 4 rings (SSSR count). The predicted octanol–water partition coefficient (Wildman–Crippen LogP) is 4.60. The molecule has 4 atom stereocenters. The van der Waals surface area contributed by atoms with Gasteiger partial charge in [0.25, 0.3) is 0 Å². The van der Waals surface area contributed by atoms with Crippen molar-refractivity contribution >= 4 is 5.97 Å². The molecule has 0 unspecified atom stereocenters. The second-order valence-corrected chi connectivity index (χ2v) is 10.3. The molecule has 0 radical (unpaired) electrons. The fourth-order valence-corrected chi connectivity index (χ4v) is 7.13. The van der Waals surface area contributed by atoms with Crippen molar-refractivity contribution in [3.05, 3.63) is 11.6 Å². The van der Waals surface area contributed by atoms with Crippen LogP contribution >= 0.6 is 0 Å². The molecule has 2 N–H and O–H groups in total. The van der Waals surface area contributed by atoms with Gasteiger partial charge in [-0.15, -0.1) is 0 Å². The van der Waals surface area contributed by atoms with Gasteiger partial charge >= 0.3 is 5.97 Å². The first-order valence-corrected chi connectivity index (χ1v) is 10.4. The van der Waals surface area contributed by atoms with Crippen LogP contribution < -0.4 is 5.73 Å². The molecule has 0 aromatic heterocycles. The van der Waals surface area contributed by atoms with Gasteiger partial charge in [0.2, 0.25) is 0 Å². The molecule has 25 heavy (non-hydrogen) atoms. The number of fused-ring (bicyclic) bond motifs is 1. The topological polar surface area (TPSA) is 52.3 Å². The Balaban J connectivity index is 1.54. The van der Waals surface area contributed by atoms with Crippen LogP contribution in [0, 0.1) is 28.1 Å². The summed E-state index contributed by atoms with van der Waals surface area (Å²) in [7, 11) is 0. The summed E-state index contributed by atoms with van der Waals surface area (Å²) in [6, 6.07) is -0.217. The van der Waals surface area contributed by atoms with E-state index in [1.807, 2.05) is 0 Å². The van der Waals surface area contributed by atoms with Gasteiger partial charge in [-0.25, -0.2) is 4.79 Å². The van der Waals surface area contributed by atoms with Crippen LogP contribution in [0.25, 0.3) is 0 Å². The number of rotatable bonds is 3. The van der Waals surface area contributed by atoms with E-state index < -0.39 is 0 Å². The molecule has 140 valence electrons. The number of hydrogen-bond donors (Lipinski definition) is 1. The highest BCUT2D eigenvalue weighted by atomic mass is 16.5. The fraction of sp³-hybridized carbons (Fsp3) is 0.864. The Hall–Kier alpha value is -0.830. The van der Waals surface area contributed by atoms with Crippen molar-refractivity contribution in [2.45, 2.75) is 84.6 Å². The van der Waals surface area contributed by atoms with Crippen LogP contribution in [0.1, 0.15) is 78.6 Å². The van der Waals surface area contributed by atoms with Crippen LogP contribution in [0.15, 0.2) is 11.6 Å². The van der Waals surface area contributed by atoms with Crippen LogP contribution in [0.2, 0.25) is 0 Å². The summed E-state index contributed by atoms with van der Waals surface area (Å²) in [6.45, 7) is 7.97. The average Bonchev–Trinajstić information content (AvgIpc) is 3.23. The van der Waals surface area contributed by atoms with Gasteiger partial charge in [-0.1, -0.05) is 33.3 Å². The highest BCUT2D eigenvalue weighted by Gasteiger charge is 2.62. The normalized spacial score (nSPS) is 43.1. The largest absolute Gasteiger partial charge is 0.460 e. The molecule has 1 saturated heterocycles. The molecule has 1 aliphatic heterocycles. The van der Waals surface area contributed by atoms with E-state index in [2.05, 4.69) is 26.8 Å². The second-order valence-electron chi connectivity index (χ2n) is 10.3. The van der Waals surface area contributed by atoms with Gasteiger partial charge < -0.3 is 10.5 Å². The highest BCUT2D eigenvalue weighted by Crippen LogP contribution is 2.72. The van der Waals surface area contributed by atoms with E-state index in [0.29, 0.717) is 28.4 Å². The Morgan fingerprint density at radius 2 is 1.92 bits per heavy atom. The van der Waals surface area contributed by atoms with Gasteiger partial charge in [0, 0.05) is 0 Å². The number of carbonyl (C=O) groups excluding carboxylic acids is 1. The lowest BCUT2D eigenvalue weighted by atomic mass is 9.45. The molecule has 3 nitrogen and oxygen atoms in total. The molecule has 0 amide bonds. The van der Waals surface area contributed by atoms with E-state index in [1.54, 1.807) is 0 Å². The van der Waals surface area contributed by atoms with Gasteiger partial charge in [0.1, 0.15) is 6.61 Å². The lowest BCUT2D eigenvalue weighted by Gasteiger charge is -2.60. The maximum atomic E-state index is 11.8. The maximum absolute atomic E-state index is 11.8. The molecular formula is C22H35NO2. The lowest BCUT2D eigenvalue weighted by molar-refractivity contribution is -0.135. The minimum atomic E-state index is -0.217. The zero-order valence-corrected chi connectivity index (χ0v) is 16.3. The summed E-state index contributed by atoms with van der Waals surface area (Å²) in [4.78, 5) is 11.8. The van der Waals surface area contributed by atoms with Crippen molar-refractivity contribution in [2.75, 3.05) is 6.61 Å². The molecular weight excluding hydrogens is 310 g/mol. The smallest absolute Gasteiger partial charge is 0.335 e. The molecule has 4 aliphatic rings. The van der Waals surface area contributed by atoms with Gasteiger partial charge in [0.05, 0.1) is 11.6 Å². The Bertz CT molecular complexity index is 589. The molecule has 1 spiro atoms. The van der Waals surface area contributed by atoms with Crippen molar-refractivity contribution < 1.29 is 9.53 Å². The Labute approximate surface area is 152 Å². The fourth-order valence-electron chi connectivity index (χ4n) is 7.13. The number of cyclic esters (lactones) is 1. The Kier molecular flexibility index (Phi) is 4.10. The van der Waals surface area contributed by atoms with Crippen LogP contribution in [0.4, 0.5) is 0 Å². The molecule has 3 aliphatic carbocycles. The predicted molar refractivity (Wildman–Crippen MR) is 99.9 cm³/mol. The summed E-state index contributed by atoms with van der Waals surface area (Å²) in [5.41, 5.74) is 8.31. The average molecular weight is 346 g/mol. The Morgan fingerprint density at radius 3 is 2.56 bits per heavy atom. The monoisotopic (exact) mass is 345 g/mol. The van der Waals surface area contributed by atoms with Crippen LogP contribution in [-0.2, 0) is 9.53 Å². The Morgan fingerprint density at radius 1 is 1.16 bits per heavy atom. The van der Waals surface area contributed by atoms with Crippen LogP contribution in [0.3, 0.4) is 0 Å². The van der Waals surface area contributed by atoms with E-state index in [-0.39, 0.29) is 12.0 Å². The first-order valence-electron chi connectivity index (χ1n) is 10.4. The molecule has 3 heteroatoms. The minimum absolute atomic E-state index is 0.194. The number of esters is 1. The molecule has 1 heterocycles. The summed E-state index contributed by atoms with van der Waals surface area (Å²) in [5.74, 6) is 1.47. The minimum Gasteiger partial charge on any atom is -0.460 e. The third-order valence-corrected chi connectivity index (χ3v) is 8.48. The van der Waals surface area contributed by atoms with E-state index in [0.717, 1.165) is 18.3 Å². The quantitative estimate of drug-likeness (QED) is 0.601. The summed E-state index contributed by atoms with van der Waals surface area (Å²) >= 11 is 0. The first-order chi connectivity index (χ1) is 11.8. The van der Waals surface area contributed by atoms with Crippen molar-refractivity contribution in [3.8, 4) is 0 Å². The highest BCUT2D eigenvalue weighted by molar-refractivity contribution is 5.91. The van der Waals surface area contributed by atoms with Gasteiger partial charge in [-0.3, -0.25) is 0 Å². The number of ether oxygens (including phenoxy) is 1. The van der Waals surface area contributed by atoms with E-state index in [1.165, 1.54) is 51.4 Å². The van der Waals surface area contributed by atoms with E-state index in [9.17, 15) is 4.79 Å². The first kappa shape index (κ1) is 17.6. The SMILES string of the molecule is CC1(C)CCC[C@@]2(C)[C@H]1CCC1(CC1)[C@@H]2CC/C=C1/C(=O)OC[C@H]1N. The number of allylic oxidation sites excluding steroid dienone is 1. The van der Waals surface area contributed by atoms with Crippen LogP contribution in [-0.4, -0.2) is 18.6 Å². The van der Waals surface area contributed by atoms with E-state index in [4.69, 9.17) is 10.5 Å². The third-order valence-electron chi connectivity index (χ3n) is 8.48. The van der Waals surface area contributed by atoms with Crippen molar-refractivity contribution in [1.29, 1.82) is 0 Å². The molecule has 0 aromatic rings. The molecule has 3 saturated carbocycles. The molecule has 0 aromatic carbocycles. The van der Waals surface area contributed by atoms with Gasteiger partial charge in [0.15, 0.2) is 0 Å². The number of hydrogen-bond acceptors (Lipinski definition) is 3. The maximum Gasteiger partial charge on any atom is 0.335 e. The van der Waals surface area contributed by atoms with Crippen molar-refractivity contribution in [2.24, 2.45) is 33.8 Å². The van der Waals surface area contributed by atoms with Gasteiger partial charge in [-0.05, 0) is 79.4 Å². The zero-order valence-electron chi connectivity index (χ0n) is 16.3. The van der Waals surface area contributed by atoms with Crippen molar-refractivity contribution in [3.63, 3.8) is 0 Å². The summed E-state index contributed by atoms with van der Waals surface area (Å²) < 4.78 is 5.07. The summed E-state index contributed by atoms with van der Waals surface area (Å²) in [6.07, 6.45) is 14.2. The standard InChI is InChI=1S/C22H35NO2/c1-20(2)9-5-10-21(3)17(20)8-11-22(12-13-22)18(21)7-4-6-15-16(23)14-25-19(15)24/h6,16-18H,4-5,7-14,23H2,1-3H3/b15-6+/t16-,17+,18-,21+/m1/s1. The molecule has 4 fully saturated rings. The van der Waals surface area contributed by atoms with Crippen molar-refractivity contribution in [1.82, 2.24) is 0 Å². The number of nitrogens with two attached hydrogens (primary N) is 1.